The van der Waals surface area contributed by atoms with Crippen LogP contribution in [0.1, 0.15) is 182 Å². The smallest absolute Gasteiger partial charge is 0.305 e. The molecule has 0 aromatic heterocycles. The van der Waals surface area contributed by atoms with Gasteiger partial charge in [-0.15, -0.1) is 0 Å². The second-order valence-corrected chi connectivity index (χ2v) is 16.5. The van der Waals surface area contributed by atoms with E-state index in [2.05, 4.69) is 34.6 Å². The predicted molar refractivity (Wildman–Crippen MR) is 190 cm³/mol. The van der Waals surface area contributed by atoms with E-state index in [0.717, 1.165) is 54.3 Å². The molecular weight excluding hydrogens is 556 g/mol. The third kappa shape index (κ3) is 17.6. The number of carbonyl (C=O) groups is 2. The molecule has 2 aliphatic carbocycles. The van der Waals surface area contributed by atoms with E-state index in [1.54, 1.807) is 0 Å². The standard InChI is InChI=1S/C41H76O4/c1-31(16-12-20-35(5)39-26-24-37(30-39)22-14-18-33(3)28-41(43)45-7)15-10-8-9-11-19-34(4)38-25-23-36(29-38)21-13-17-32(2)27-40(42)44-6/h31-39H,8-30H2,1-7H3/t31-,32?,33?,34-,35-,36+,37+,38?,39?/m1/s1. The van der Waals surface area contributed by atoms with Crippen LogP contribution in [-0.4, -0.2) is 26.2 Å². The van der Waals surface area contributed by atoms with E-state index in [1.807, 2.05) is 0 Å². The van der Waals surface area contributed by atoms with Gasteiger partial charge in [0, 0.05) is 12.8 Å². The van der Waals surface area contributed by atoms with Gasteiger partial charge in [-0.2, -0.15) is 0 Å². The molecule has 9 atom stereocenters. The fraction of sp³-hybridized carbons (Fsp3) is 0.951. The molecule has 0 radical (unpaired) electrons. The molecular formula is C41H76O4. The summed E-state index contributed by atoms with van der Waals surface area (Å²) in [5.74, 6) is 7.20. The minimum absolute atomic E-state index is 0.0610. The molecule has 0 spiro atoms. The number of ether oxygens (including phenoxy) is 2. The first kappa shape index (κ1) is 40.1. The van der Waals surface area contributed by atoms with Gasteiger partial charge in [-0.05, 0) is 78.9 Å². The first-order chi connectivity index (χ1) is 21.6. The minimum Gasteiger partial charge on any atom is -0.469 e. The van der Waals surface area contributed by atoms with E-state index in [9.17, 15) is 9.59 Å². The van der Waals surface area contributed by atoms with E-state index in [1.165, 1.54) is 136 Å². The van der Waals surface area contributed by atoms with E-state index in [0.29, 0.717) is 24.7 Å². The summed E-state index contributed by atoms with van der Waals surface area (Å²) >= 11 is 0. The number of unbranched alkanes of at least 4 members (excludes halogenated alkanes) is 3. The highest BCUT2D eigenvalue weighted by Gasteiger charge is 2.29. The Balaban J connectivity index is 1.43. The van der Waals surface area contributed by atoms with Gasteiger partial charge in [0.15, 0.2) is 0 Å². The summed E-state index contributed by atoms with van der Waals surface area (Å²) in [5, 5.41) is 0. The molecule has 2 aliphatic rings. The zero-order valence-electron chi connectivity index (χ0n) is 31.1. The van der Waals surface area contributed by atoms with Crippen molar-refractivity contribution >= 4 is 11.9 Å². The Labute approximate surface area is 280 Å². The van der Waals surface area contributed by atoms with Crippen LogP contribution in [0.3, 0.4) is 0 Å². The van der Waals surface area contributed by atoms with Crippen molar-refractivity contribution in [1.29, 1.82) is 0 Å². The summed E-state index contributed by atoms with van der Waals surface area (Å²) in [6, 6.07) is 0. The second kappa shape index (κ2) is 23.3. The molecule has 264 valence electrons. The second-order valence-electron chi connectivity index (χ2n) is 16.5. The lowest BCUT2D eigenvalue weighted by molar-refractivity contribution is -0.142. The van der Waals surface area contributed by atoms with Gasteiger partial charge in [-0.25, -0.2) is 0 Å². The minimum atomic E-state index is -0.0612. The van der Waals surface area contributed by atoms with Gasteiger partial charge >= 0.3 is 11.9 Å². The van der Waals surface area contributed by atoms with Gasteiger partial charge in [0.05, 0.1) is 14.2 Å². The highest BCUT2D eigenvalue weighted by Crippen LogP contribution is 2.41. The number of esters is 2. The normalized spacial score (nSPS) is 25.0. The Hall–Kier alpha value is -1.06. The average Bonchev–Trinajstić information content (AvgIpc) is 3.69. The van der Waals surface area contributed by atoms with Crippen LogP contribution in [0.4, 0.5) is 0 Å². The SMILES string of the molecule is COC(=O)CC(C)CCC[C@H]1CCC([C@H](C)CCCCCC[C@@H](C)CCC[C@@H](C)C2CC[C@H](CCCC(C)CC(=O)OC)C2)C1. The molecule has 0 amide bonds. The van der Waals surface area contributed by atoms with E-state index >= 15 is 0 Å². The Morgan fingerprint density at radius 1 is 0.511 bits per heavy atom. The van der Waals surface area contributed by atoms with Gasteiger partial charge in [0.2, 0.25) is 0 Å². The summed E-state index contributed by atoms with van der Waals surface area (Å²) < 4.78 is 9.64. The maximum atomic E-state index is 11.5. The van der Waals surface area contributed by atoms with Crippen LogP contribution in [0.5, 0.6) is 0 Å². The molecule has 0 bridgehead atoms. The Morgan fingerprint density at radius 3 is 1.38 bits per heavy atom. The van der Waals surface area contributed by atoms with E-state index in [-0.39, 0.29) is 11.9 Å². The Kier molecular flexibility index (Phi) is 20.8. The van der Waals surface area contributed by atoms with Crippen molar-refractivity contribution in [2.24, 2.45) is 53.3 Å². The molecule has 4 nitrogen and oxygen atoms in total. The van der Waals surface area contributed by atoms with Crippen LogP contribution in [0.15, 0.2) is 0 Å². The van der Waals surface area contributed by atoms with E-state index < -0.39 is 0 Å². The van der Waals surface area contributed by atoms with Gasteiger partial charge in [-0.1, -0.05) is 144 Å². The fourth-order valence-corrected chi connectivity index (χ4v) is 8.95. The first-order valence-corrected chi connectivity index (χ1v) is 19.7. The molecule has 4 heteroatoms. The van der Waals surface area contributed by atoms with Crippen molar-refractivity contribution in [3.63, 3.8) is 0 Å². The highest BCUT2D eigenvalue weighted by molar-refractivity contribution is 5.69. The average molecular weight is 633 g/mol. The number of methoxy groups -OCH3 is 2. The zero-order valence-corrected chi connectivity index (χ0v) is 31.1. The fourth-order valence-electron chi connectivity index (χ4n) is 8.95. The van der Waals surface area contributed by atoms with Crippen LogP contribution in [0.2, 0.25) is 0 Å². The van der Waals surface area contributed by atoms with Crippen LogP contribution in [-0.2, 0) is 19.1 Å². The van der Waals surface area contributed by atoms with Crippen molar-refractivity contribution in [2.45, 2.75) is 182 Å². The topological polar surface area (TPSA) is 52.6 Å². The summed E-state index contributed by atoms with van der Waals surface area (Å²) in [7, 11) is 2.99. The summed E-state index contributed by atoms with van der Waals surface area (Å²) in [6.45, 7) is 11.9. The number of rotatable bonds is 25. The molecule has 0 aromatic carbocycles. The highest BCUT2D eigenvalue weighted by atomic mass is 16.5. The van der Waals surface area contributed by atoms with Crippen molar-refractivity contribution in [1.82, 2.24) is 0 Å². The molecule has 0 saturated heterocycles. The molecule has 0 heterocycles. The molecule has 0 N–H and O–H groups in total. The monoisotopic (exact) mass is 633 g/mol. The van der Waals surface area contributed by atoms with Crippen LogP contribution < -0.4 is 0 Å². The van der Waals surface area contributed by atoms with Gasteiger partial charge in [-0.3, -0.25) is 9.59 Å². The largest absolute Gasteiger partial charge is 0.469 e. The zero-order chi connectivity index (χ0) is 33.0. The van der Waals surface area contributed by atoms with E-state index in [4.69, 9.17) is 9.47 Å². The quantitative estimate of drug-likeness (QED) is 0.0742. The van der Waals surface area contributed by atoms with Gasteiger partial charge < -0.3 is 9.47 Å². The molecule has 0 aliphatic heterocycles. The van der Waals surface area contributed by atoms with Crippen molar-refractivity contribution in [3.8, 4) is 0 Å². The maximum Gasteiger partial charge on any atom is 0.305 e. The van der Waals surface area contributed by atoms with Gasteiger partial charge in [0.25, 0.3) is 0 Å². The molecule has 2 saturated carbocycles. The third-order valence-electron chi connectivity index (χ3n) is 12.3. The van der Waals surface area contributed by atoms with Gasteiger partial charge in [0.1, 0.15) is 0 Å². The lowest BCUT2D eigenvalue weighted by Gasteiger charge is -2.21. The molecule has 45 heavy (non-hydrogen) atoms. The summed E-state index contributed by atoms with van der Waals surface area (Å²) in [6.07, 6.45) is 30.2. The number of hydrogen-bond donors (Lipinski definition) is 0. The number of carbonyl (C=O) groups excluding carboxylic acids is 2. The van der Waals surface area contributed by atoms with Crippen LogP contribution >= 0.6 is 0 Å². The Bertz CT molecular complexity index is 779. The first-order valence-electron chi connectivity index (χ1n) is 19.7. The van der Waals surface area contributed by atoms with Crippen molar-refractivity contribution in [2.75, 3.05) is 14.2 Å². The molecule has 2 fully saturated rings. The maximum absolute atomic E-state index is 11.5. The van der Waals surface area contributed by atoms with Crippen LogP contribution in [0.25, 0.3) is 0 Å². The third-order valence-corrected chi connectivity index (χ3v) is 12.3. The lowest BCUT2D eigenvalue weighted by Crippen LogP contribution is -2.10. The number of hydrogen-bond acceptors (Lipinski definition) is 4. The lowest BCUT2D eigenvalue weighted by atomic mass is 9.85. The predicted octanol–water partition coefficient (Wildman–Crippen LogP) is 12.0. The summed E-state index contributed by atoms with van der Waals surface area (Å²) in [5.41, 5.74) is 0. The van der Waals surface area contributed by atoms with Crippen LogP contribution in [0, 0.1) is 53.3 Å². The Morgan fingerprint density at radius 2 is 0.911 bits per heavy atom. The van der Waals surface area contributed by atoms with Crippen molar-refractivity contribution in [3.05, 3.63) is 0 Å². The summed E-state index contributed by atoms with van der Waals surface area (Å²) in [4.78, 5) is 22.9. The van der Waals surface area contributed by atoms with Crippen molar-refractivity contribution < 1.29 is 19.1 Å². The molecule has 4 unspecified atom stereocenters. The molecule has 0 aromatic rings. The molecule has 2 rings (SSSR count).